The summed E-state index contributed by atoms with van der Waals surface area (Å²) in [6.45, 7) is 5.49. The Morgan fingerprint density at radius 2 is 1.93 bits per heavy atom. The van der Waals surface area contributed by atoms with E-state index in [1.807, 2.05) is 12.1 Å². The van der Waals surface area contributed by atoms with Crippen LogP contribution in [0.1, 0.15) is 36.0 Å². The van der Waals surface area contributed by atoms with E-state index in [4.69, 9.17) is 23.2 Å². The zero-order valence-corrected chi connectivity index (χ0v) is 17.9. The Hall–Kier alpha value is -1.55. The van der Waals surface area contributed by atoms with E-state index in [9.17, 15) is 4.79 Å². The van der Waals surface area contributed by atoms with Gasteiger partial charge in [-0.3, -0.25) is 9.69 Å². The smallest absolute Gasteiger partial charge is 0.223 e. The minimum absolute atomic E-state index is 0.121. The van der Waals surface area contributed by atoms with Crippen LogP contribution in [0.25, 0.3) is 0 Å². The van der Waals surface area contributed by atoms with Gasteiger partial charge < -0.3 is 5.32 Å². The van der Waals surface area contributed by atoms with Crippen molar-refractivity contribution in [1.82, 2.24) is 10.2 Å². The van der Waals surface area contributed by atoms with Crippen molar-refractivity contribution in [3.05, 3.63) is 69.2 Å². The highest BCUT2D eigenvalue weighted by atomic mass is 35.5. The lowest BCUT2D eigenvalue weighted by molar-refractivity contribution is -0.126. The summed E-state index contributed by atoms with van der Waals surface area (Å²) in [5.41, 5.74) is 3.71. The maximum Gasteiger partial charge on any atom is 0.223 e. The Labute approximate surface area is 178 Å². The van der Waals surface area contributed by atoms with Crippen molar-refractivity contribution in [2.45, 2.75) is 39.2 Å². The number of carbonyl (C=O) groups is 1. The summed E-state index contributed by atoms with van der Waals surface area (Å²) < 4.78 is 0. The van der Waals surface area contributed by atoms with Crippen molar-refractivity contribution in [1.29, 1.82) is 0 Å². The number of aryl methyl sites for hydroxylation is 2. The van der Waals surface area contributed by atoms with Crippen LogP contribution in [0.5, 0.6) is 0 Å². The Morgan fingerprint density at radius 1 is 1.14 bits per heavy atom. The monoisotopic (exact) mass is 418 g/mol. The molecule has 0 unspecified atom stereocenters. The third-order valence-corrected chi connectivity index (χ3v) is 5.98. The van der Waals surface area contributed by atoms with E-state index in [2.05, 4.69) is 41.4 Å². The summed E-state index contributed by atoms with van der Waals surface area (Å²) in [6, 6.07) is 14.2. The van der Waals surface area contributed by atoms with Crippen LogP contribution >= 0.6 is 23.2 Å². The fraction of sp³-hybridized carbons (Fsp3) is 0.435. The SMILES string of the molecule is Cc1cccc(CCCNC(=O)C2CCN(Cc3ccc(Cl)cc3Cl)CC2)c1. The zero-order valence-electron chi connectivity index (χ0n) is 16.4. The van der Waals surface area contributed by atoms with Gasteiger partial charge in [-0.1, -0.05) is 59.1 Å². The average Bonchev–Trinajstić information content (AvgIpc) is 2.68. The molecule has 3 nitrogen and oxygen atoms in total. The number of rotatable bonds is 7. The zero-order chi connectivity index (χ0) is 19.9. The molecule has 1 amide bonds. The first-order valence-electron chi connectivity index (χ1n) is 10.0. The molecule has 28 heavy (non-hydrogen) atoms. The van der Waals surface area contributed by atoms with Gasteiger partial charge in [-0.05, 0) is 69.0 Å². The van der Waals surface area contributed by atoms with Gasteiger partial charge in [0.25, 0.3) is 0 Å². The number of carbonyl (C=O) groups excluding carboxylic acids is 1. The number of benzene rings is 2. The molecule has 5 heteroatoms. The highest BCUT2D eigenvalue weighted by molar-refractivity contribution is 6.35. The Morgan fingerprint density at radius 3 is 2.64 bits per heavy atom. The largest absolute Gasteiger partial charge is 0.356 e. The standard InChI is InChI=1S/C23H28Cl2N2O/c1-17-4-2-5-18(14-17)6-3-11-26-23(28)19-9-12-27(13-10-19)16-20-7-8-21(24)15-22(20)25/h2,4-5,7-8,14-15,19H,3,6,9-13,16H2,1H3,(H,26,28). The molecule has 0 saturated carbocycles. The first-order valence-corrected chi connectivity index (χ1v) is 10.8. The fourth-order valence-electron chi connectivity index (χ4n) is 3.76. The predicted molar refractivity (Wildman–Crippen MR) is 117 cm³/mol. The van der Waals surface area contributed by atoms with Crippen molar-refractivity contribution in [3.63, 3.8) is 0 Å². The summed E-state index contributed by atoms with van der Waals surface area (Å²) in [5, 5.41) is 4.49. The minimum atomic E-state index is 0.121. The summed E-state index contributed by atoms with van der Waals surface area (Å²) in [5.74, 6) is 0.323. The topological polar surface area (TPSA) is 32.3 Å². The summed E-state index contributed by atoms with van der Waals surface area (Å²) in [4.78, 5) is 14.8. The van der Waals surface area contributed by atoms with Gasteiger partial charge in [0.2, 0.25) is 5.91 Å². The van der Waals surface area contributed by atoms with Crippen LogP contribution in [-0.2, 0) is 17.8 Å². The van der Waals surface area contributed by atoms with Gasteiger partial charge in [0, 0.05) is 29.1 Å². The number of hydrogen-bond acceptors (Lipinski definition) is 2. The Kier molecular flexibility index (Phi) is 7.78. The molecule has 1 N–H and O–H groups in total. The molecule has 0 radical (unpaired) electrons. The molecular weight excluding hydrogens is 391 g/mol. The number of nitrogens with zero attached hydrogens (tertiary/aromatic N) is 1. The maximum atomic E-state index is 12.5. The van der Waals surface area contributed by atoms with Crippen LogP contribution in [0.3, 0.4) is 0 Å². The molecular formula is C23H28Cl2N2O. The van der Waals surface area contributed by atoms with E-state index in [0.717, 1.165) is 57.4 Å². The summed E-state index contributed by atoms with van der Waals surface area (Å²) in [6.07, 6.45) is 3.77. The quantitative estimate of drug-likeness (QED) is 0.621. The van der Waals surface area contributed by atoms with Gasteiger partial charge in [0.05, 0.1) is 0 Å². The maximum absolute atomic E-state index is 12.5. The Bertz CT molecular complexity index is 801. The van der Waals surface area contributed by atoms with E-state index >= 15 is 0 Å². The second-order valence-electron chi connectivity index (χ2n) is 7.67. The number of nitrogens with one attached hydrogen (secondary N) is 1. The van der Waals surface area contributed by atoms with E-state index in [0.29, 0.717) is 10.0 Å². The van der Waals surface area contributed by atoms with Crippen LogP contribution in [0.15, 0.2) is 42.5 Å². The highest BCUT2D eigenvalue weighted by Crippen LogP contribution is 2.25. The number of likely N-dealkylation sites (tertiary alicyclic amines) is 1. The highest BCUT2D eigenvalue weighted by Gasteiger charge is 2.25. The van der Waals surface area contributed by atoms with Gasteiger partial charge >= 0.3 is 0 Å². The molecule has 2 aromatic carbocycles. The number of hydrogen-bond donors (Lipinski definition) is 1. The van der Waals surface area contributed by atoms with E-state index in [1.54, 1.807) is 6.07 Å². The molecule has 3 rings (SSSR count). The molecule has 0 atom stereocenters. The molecule has 1 aliphatic rings. The molecule has 1 fully saturated rings. The van der Waals surface area contributed by atoms with Crippen molar-refractivity contribution in [2.24, 2.45) is 5.92 Å². The molecule has 1 saturated heterocycles. The third-order valence-electron chi connectivity index (χ3n) is 5.39. The Balaban J connectivity index is 1.36. The number of halogens is 2. The van der Waals surface area contributed by atoms with Gasteiger partial charge in [-0.25, -0.2) is 0 Å². The lowest BCUT2D eigenvalue weighted by Gasteiger charge is -2.31. The second kappa shape index (κ2) is 10.3. The average molecular weight is 419 g/mol. The van der Waals surface area contributed by atoms with Crippen LogP contribution in [-0.4, -0.2) is 30.4 Å². The van der Waals surface area contributed by atoms with Crippen molar-refractivity contribution >= 4 is 29.1 Å². The molecule has 1 heterocycles. The number of piperidine rings is 1. The second-order valence-corrected chi connectivity index (χ2v) is 8.51. The van der Waals surface area contributed by atoms with Crippen molar-refractivity contribution in [2.75, 3.05) is 19.6 Å². The summed E-state index contributed by atoms with van der Waals surface area (Å²) in [7, 11) is 0. The molecule has 150 valence electrons. The molecule has 0 bridgehead atoms. The predicted octanol–water partition coefficient (Wildman–Crippen LogP) is 5.26. The fourth-order valence-corrected chi connectivity index (χ4v) is 4.23. The van der Waals surface area contributed by atoms with Crippen LogP contribution in [0.2, 0.25) is 10.0 Å². The van der Waals surface area contributed by atoms with Gasteiger partial charge in [-0.15, -0.1) is 0 Å². The first kappa shape index (κ1) is 21.2. The first-order chi connectivity index (χ1) is 13.5. The third kappa shape index (κ3) is 6.23. The van der Waals surface area contributed by atoms with Crippen LogP contribution in [0, 0.1) is 12.8 Å². The lowest BCUT2D eigenvalue weighted by atomic mass is 9.95. The number of amides is 1. The van der Waals surface area contributed by atoms with E-state index in [1.165, 1.54) is 11.1 Å². The van der Waals surface area contributed by atoms with Crippen molar-refractivity contribution in [3.8, 4) is 0 Å². The molecule has 2 aromatic rings. The molecule has 0 aliphatic carbocycles. The molecule has 0 spiro atoms. The van der Waals surface area contributed by atoms with Gasteiger partial charge in [-0.2, -0.15) is 0 Å². The van der Waals surface area contributed by atoms with E-state index < -0.39 is 0 Å². The minimum Gasteiger partial charge on any atom is -0.356 e. The lowest BCUT2D eigenvalue weighted by Crippen LogP contribution is -2.40. The normalized spacial score (nSPS) is 15.5. The van der Waals surface area contributed by atoms with Gasteiger partial charge in [0.15, 0.2) is 0 Å². The summed E-state index contributed by atoms with van der Waals surface area (Å²) >= 11 is 12.2. The molecule has 0 aromatic heterocycles. The van der Waals surface area contributed by atoms with E-state index in [-0.39, 0.29) is 11.8 Å². The van der Waals surface area contributed by atoms with Gasteiger partial charge in [0.1, 0.15) is 0 Å². The van der Waals surface area contributed by atoms with Crippen LogP contribution < -0.4 is 5.32 Å². The van der Waals surface area contributed by atoms with Crippen molar-refractivity contribution < 1.29 is 4.79 Å². The molecule has 1 aliphatic heterocycles. The van der Waals surface area contributed by atoms with Crippen LogP contribution in [0.4, 0.5) is 0 Å².